The number of hydrogen-bond donors (Lipinski definition) is 0. The average molecular weight is 482 g/mol. The zero-order valence-corrected chi connectivity index (χ0v) is 19.4. The normalized spacial score (nSPS) is 16.2. The van der Waals surface area contributed by atoms with E-state index >= 15 is 0 Å². The summed E-state index contributed by atoms with van der Waals surface area (Å²) in [6.45, 7) is 4.32. The third-order valence-electron chi connectivity index (χ3n) is 6.36. The average Bonchev–Trinajstić information content (AvgIpc) is 3.19. The molecule has 2 aliphatic heterocycles. The molecule has 3 aromatic rings. The first-order chi connectivity index (χ1) is 16.0. The highest BCUT2D eigenvalue weighted by Gasteiger charge is 2.34. The van der Waals surface area contributed by atoms with Crippen LogP contribution in [0.1, 0.15) is 18.4 Å². The van der Waals surface area contributed by atoms with E-state index in [1.807, 2.05) is 18.2 Å². The van der Waals surface area contributed by atoms with Crippen LogP contribution < -0.4 is 14.7 Å². The van der Waals surface area contributed by atoms with Crippen LogP contribution in [0.3, 0.4) is 0 Å². The van der Waals surface area contributed by atoms with Crippen LogP contribution >= 0.6 is 23.2 Å². The van der Waals surface area contributed by atoms with Crippen LogP contribution in [0.2, 0.25) is 10.0 Å². The number of nitro benzene ring substituents is 1. The maximum Gasteiger partial charge on any atom is 0.292 e. The van der Waals surface area contributed by atoms with E-state index in [9.17, 15) is 10.1 Å². The molecule has 1 saturated heterocycles. The third kappa shape index (κ3) is 4.33. The lowest BCUT2D eigenvalue weighted by molar-refractivity contribution is -0.384. The van der Waals surface area contributed by atoms with Gasteiger partial charge in [0.1, 0.15) is 12.4 Å². The Balaban J connectivity index is 1.33. The summed E-state index contributed by atoms with van der Waals surface area (Å²) in [7, 11) is 0. The number of fused-ring (bicyclic) bond motifs is 1. The molecule has 0 atom stereocenters. The van der Waals surface area contributed by atoms with Crippen molar-refractivity contribution in [1.29, 1.82) is 0 Å². The highest BCUT2D eigenvalue weighted by atomic mass is 35.5. The molecule has 0 saturated carbocycles. The fourth-order valence-electron chi connectivity index (χ4n) is 4.72. The highest BCUT2D eigenvalue weighted by Crippen LogP contribution is 2.42. The van der Waals surface area contributed by atoms with E-state index in [1.165, 1.54) is 11.8 Å². The monoisotopic (exact) mass is 481 g/mol. The standard InChI is InChI=1S/C25H23Cl2N4O2/c26-19-9-10-24(31(32)33)25(15-19)28-13-11-20(12-14-28)30-17-29(22-7-3-4-8-23(22)30)16-18-5-1-2-6-21(18)27/h1-10,15,17,20H,11-14,16H2. The zero-order chi connectivity index (χ0) is 22.9. The van der Waals surface area contributed by atoms with Gasteiger partial charge in [0.2, 0.25) is 0 Å². The number of nitrogens with zero attached hydrogens (tertiary/aromatic N) is 4. The summed E-state index contributed by atoms with van der Waals surface area (Å²) >= 11 is 12.6. The van der Waals surface area contributed by atoms with Crippen molar-refractivity contribution in [1.82, 2.24) is 0 Å². The summed E-state index contributed by atoms with van der Waals surface area (Å²) in [6.07, 6.45) is 1.77. The van der Waals surface area contributed by atoms with Crippen molar-refractivity contribution in [2.24, 2.45) is 0 Å². The summed E-state index contributed by atoms with van der Waals surface area (Å²) in [6, 6.07) is 21.4. The molecular weight excluding hydrogens is 459 g/mol. The molecule has 0 N–H and O–H groups in total. The van der Waals surface area contributed by atoms with Gasteiger partial charge >= 0.3 is 0 Å². The van der Waals surface area contributed by atoms with Crippen LogP contribution in [-0.4, -0.2) is 24.1 Å². The third-order valence-corrected chi connectivity index (χ3v) is 6.97. The van der Waals surface area contributed by atoms with Gasteiger partial charge in [0.15, 0.2) is 0 Å². The van der Waals surface area contributed by atoms with Gasteiger partial charge in [0.05, 0.1) is 16.3 Å². The maximum atomic E-state index is 11.5. The summed E-state index contributed by atoms with van der Waals surface area (Å²) in [5.74, 6) is 0. The summed E-state index contributed by atoms with van der Waals surface area (Å²) in [5.41, 5.74) is 4.11. The molecule has 3 aromatic carbocycles. The van der Waals surface area contributed by atoms with Gasteiger partial charge in [-0.25, -0.2) is 0 Å². The Morgan fingerprint density at radius 1 is 0.909 bits per heavy atom. The van der Waals surface area contributed by atoms with Crippen LogP contribution in [0, 0.1) is 16.8 Å². The molecule has 8 heteroatoms. The number of para-hydroxylation sites is 2. The Hall–Kier alpha value is -2.96. The molecule has 0 unspecified atom stereocenters. The Bertz CT molecular complexity index is 1180. The topological polar surface area (TPSA) is 52.9 Å². The van der Waals surface area contributed by atoms with Crippen molar-refractivity contribution in [2.75, 3.05) is 27.8 Å². The molecule has 5 rings (SSSR count). The van der Waals surface area contributed by atoms with Gasteiger partial charge in [-0.15, -0.1) is 0 Å². The quantitative estimate of drug-likeness (QED) is 0.306. The van der Waals surface area contributed by atoms with E-state index in [0.717, 1.165) is 42.2 Å². The zero-order valence-electron chi connectivity index (χ0n) is 17.9. The molecule has 0 aliphatic carbocycles. The maximum absolute atomic E-state index is 11.5. The molecule has 2 aliphatic rings. The van der Waals surface area contributed by atoms with Gasteiger partial charge in [0.25, 0.3) is 5.69 Å². The van der Waals surface area contributed by atoms with E-state index < -0.39 is 0 Å². The second-order valence-corrected chi connectivity index (χ2v) is 9.18. The van der Waals surface area contributed by atoms with E-state index in [-0.39, 0.29) is 10.6 Å². The largest absolute Gasteiger partial charge is 0.366 e. The Kier molecular flexibility index (Phi) is 6.04. The second kappa shape index (κ2) is 9.12. The predicted molar refractivity (Wildman–Crippen MR) is 134 cm³/mol. The molecule has 0 bridgehead atoms. The first kappa shape index (κ1) is 21.9. The highest BCUT2D eigenvalue weighted by molar-refractivity contribution is 6.31. The molecule has 0 aromatic heterocycles. The predicted octanol–water partition coefficient (Wildman–Crippen LogP) is 6.52. The van der Waals surface area contributed by atoms with Crippen LogP contribution in [0.5, 0.6) is 0 Å². The number of benzene rings is 3. The van der Waals surface area contributed by atoms with Crippen LogP contribution in [0.4, 0.5) is 22.7 Å². The molecule has 0 amide bonds. The molecule has 6 nitrogen and oxygen atoms in total. The fraction of sp³-hybridized carbons (Fsp3) is 0.240. The fourth-order valence-corrected chi connectivity index (χ4v) is 5.08. The SMILES string of the molecule is O=[N+]([O-])c1ccc(Cl)cc1N1CCC(N2[CH]N(Cc3ccccc3Cl)c3ccccc32)CC1. The Morgan fingerprint density at radius 2 is 1.61 bits per heavy atom. The number of piperidine rings is 1. The lowest BCUT2D eigenvalue weighted by Crippen LogP contribution is -2.44. The summed E-state index contributed by atoms with van der Waals surface area (Å²) < 4.78 is 0. The van der Waals surface area contributed by atoms with E-state index in [1.54, 1.807) is 12.1 Å². The van der Waals surface area contributed by atoms with Gasteiger partial charge in [-0.3, -0.25) is 10.1 Å². The first-order valence-corrected chi connectivity index (χ1v) is 11.7. The Morgan fingerprint density at radius 3 is 2.33 bits per heavy atom. The number of hydrogen-bond acceptors (Lipinski definition) is 5. The van der Waals surface area contributed by atoms with Gasteiger partial charge in [0, 0.05) is 41.8 Å². The summed E-state index contributed by atoms with van der Waals surface area (Å²) in [4.78, 5) is 17.8. The van der Waals surface area contributed by atoms with Gasteiger partial charge in [-0.05, 0) is 48.7 Å². The number of rotatable bonds is 5. The molecular formula is C25H23Cl2N4O2. The Labute approximate surface area is 203 Å². The number of halogens is 2. The van der Waals surface area contributed by atoms with E-state index in [2.05, 4.69) is 51.7 Å². The minimum absolute atomic E-state index is 0.0989. The van der Waals surface area contributed by atoms with Crippen molar-refractivity contribution in [3.05, 3.63) is 99.1 Å². The number of nitro groups is 1. The van der Waals surface area contributed by atoms with Gasteiger partial charge in [-0.2, -0.15) is 0 Å². The lowest BCUT2D eigenvalue weighted by atomic mass is 10.0. The van der Waals surface area contributed by atoms with Gasteiger partial charge in [-0.1, -0.05) is 53.5 Å². The van der Waals surface area contributed by atoms with Crippen molar-refractivity contribution in [3.63, 3.8) is 0 Å². The lowest BCUT2D eigenvalue weighted by Gasteiger charge is -2.38. The number of anilines is 3. The second-order valence-electron chi connectivity index (χ2n) is 8.34. The molecule has 0 spiro atoms. The minimum Gasteiger partial charge on any atom is -0.366 e. The smallest absolute Gasteiger partial charge is 0.292 e. The van der Waals surface area contributed by atoms with Crippen LogP contribution in [-0.2, 0) is 6.54 Å². The van der Waals surface area contributed by atoms with Gasteiger partial charge < -0.3 is 14.7 Å². The molecule has 169 valence electrons. The van der Waals surface area contributed by atoms with Crippen LogP contribution in [0.15, 0.2) is 66.7 Å². The van der Waals surface area contributed by atoms with Crippen molar-refractivity contribution < 1.29 is 4.92 Å². The molecule has 2 heterocycles. The van der Waals surface area contributed by atoms with E-state index in [4.69, 9.17) is 23.2 Å². The molecule has 33 heavy (non-hydrogen) atoms. The van der Waals surface area contributed by atoms with Crippen LogP contribution in [0.25, 0.3) is 0 Å². The molecule has 1 fully saturated rings. The molecule has 1 radical (unpaired) electrons. The first-order valence-electron chi connectivity index (χ1n) is 10.9. The summed E-state index contributed by atoms with van der Waals surface area (Å²) in [5, 5.41) is 12.8. The van der Waals surface area contributed by atoms with Crippen molar-refractivity contribution >= 4 is 46.0 Å². The van der Waals surface area contributed by atoms with Crippen molar-refractivity contribution in [2.45, 2.75) is 25.4 Å². The minimum atomic E-state index is -0.338. The van der Waals surface area contributed by atoms with Crippen molar-refractivity contribution in [3.8, 4) is 0 Å². The van der Waals surface area contributed by atoms with E-state index in [0.29, 0.717) is 23.3 Å².